The number of hydrogen-bond donors (Lipinski definition) is 3. The molecule has 0 atom stereocenters. The van der Waals surface area contributed by atoms with E-state index in [1.54, 1.807) is 0 Å². The first kappa shape index (κ1) is 14.8. The van der Waals surface area contributed by atoms with Crippen molar-refractivity contribution in [1.29, 1.82) is 0 Å². The SMILES string of the molecule is NNc1cncc(C(=O)Nc2cc([N+](=O)[O-])ccc2Br)n1. The number of carbonyl (C=O) groups excluding carboxylic acids is 1. The van der Waals surface area contributed by atoms with Crippen molar-refractivity contribution in [2.75, 3.05) is 10.7 Å². The lowest BCUT2D eigenvalue weighted by Crippen LogP contribution is -2.17. The zero-order valence-electron chi connectivity index (χ0n) is 10.4. The van der Waals surface area contributed by atoms with Crippen LogP contribution in [0.15, 0.2) is 35.1 Å². The van der Waals surface area contributed by atoms with Crippen molar-refractivity contribution >= 4 is 39.0 Å². The van der Waals surface area contributed by atoms with E-state index in [1.807, 2.05) is 0 Å². The third kappa shape index (κ3) is 3.49. The number of aromatic nitrogens is 2. The van der Waals surface area contributed by atoms with Crippen LogP contribution in [-0.2, 0) is 0 Å². The number of halogens is 1. The van der Waals surface area contributed by atoms with Gasteiger partial charge in [0.2, 0.25) is 0 Å². The molecule has 0 saturated heterocycles. The van der Waals surface area contributed by atoms with Gasteiger partial charge in [-0.3, -0.25) is 19.9 Å². The number of carbonyl (C=O) groups is 1. The molecular formula is C11H9BrN6O3. The molecule has 4 N–H and O–H groups in total. The number of nitro benzene ring substituents is 1. The molecule has 1 heterocycles. The fraction of sp³-hybridized carbons (Fsp3) is 0. The molecule has 0 saturated carbocycles. The third-order valence-electron chi connectivity index (χ3n) is 2.42. The Kier molecular flexibility index (Phi) is 4.40. The number of benzene rings is 1. The quantitative estimate of drug-likeness (QED) is 0.432. The number of rotatable bonds is 4. The number of nitrogens with zero attached hydrogens (tertiary/aromatic N) is 3. The Morgan fingerprint density at radius 3 is 2.81 bits per heavy atom. The smallest absolute Gasteiger partial charge is 0.275 e. The van der Waals surface area contributed by atoms with Crippen LogP contribution in [0.2, 0.25) is 0 Å². The lowest BCUT2D eigenvalue weighted by atomic mass is 10.2. The summed E-state index contributed by atoms with van der Waals surface area (Å²) in [6, 6.07) is 4.02. The van der Waals surface area contributed by atoms with E-state index in [9.17, 15) is 14.9 Å². The number of nitrogens with two attached hydrogens (primary N) is 1. The molecule has 2 rings (SSSR count). The highest BCUT2D eigenvalue weighted by Gasteiger charge is 2.14. The Morgan fingerprint density at radius 1 is 1.38 bits per heavy atom. The van der Waals surface area contributed by atoms with E-state index in [0.29, 0.717) is 4.47 Å². The van der Waals surface area contributed by atoms with E-state index in [1.165, 1.54) is 30.6 Å². The molecule has 0 unspecified atom stereocenters. The molecule has 1 aromatic carbocycles. The molecule has 1 aromatic heterocycles. The van der Waals surface area contributed by atoms with Gasteiger partial charge < -0.3 is 10.7 Å². The van der Waals surface area contributed by atoms with Gasteiger partial charge in [-0.25, -0.2) is 10.8 Å². The van der Waals surface area contributed by atoms with Crippen LogP contribution in [0, 0.1) is 10.1 Å². The molecule has 0 spiro atoms. The summed E-state index contributed by atoms with van der Waals surface area (Å²) in [5.74, 6) is 4.84. The van der Waals surface area contributed by atoms with E-state index in [2.05, 4.69) is 36.6 Å². The predicted octanol–water partition coefficient (Wildman–Crippen LogP) is 1.69. The minimum absolute atomic E-state index is 0.0175. The summed E-state index contributed by atoms with van der Waals surface area (Å²) in [6.07, 6.45) is 2.60. The van der Waals surface area contributed by atoms with Gasteiger partial charge in [-0.2, -0.15) is 0 Å². The molecule has 21 heavy (non-hydrogen) atoms. The van der Waals surface area contributed by atoms with E-state index < -0.39 is 10.8 Å². The minimum atomic E-state index is -0.569. The molecule has 0 aliphatic carbocycles. The normalized spacial score (nSPS) is 10.0. The zero-order valence-corrected chi connectivity index (χ0v) is 12.0. The van der Waals surface area contributed by atoms with Crippen molar-refractivity contribution < 1.29 is 9.72 Å². The van der Waals surface area contributed by atoms with Crippen molar-refractivity contribution in [2.45, 2.75) is 0 Å². The van der Waals surface area contributed by atoms with Crippen molar-refractivity contribution in [3.8, 4) is 0 Å². The molecule has 0 fully saturated rings. The first-order valence-electron chi connectivity index (χ1n) is 5.55. The topological polar surface area (TPSA) is 136 Å². The molecule has 1 amide bonds. The third-order valence-corrected chi connectivity index (χ3v) is 3.12. The van der Waals surface area contributed by atoms with Crippen LogP contribution >= 0.6 is 15.9 Å². The largest absolute Gasteiger partial charge is 0.319 e. The van der Waals surface area contributed by atoms with Gasteiger partial charge in [0, 0.05) is 16.6 Å². The van der Waals surface area contributed by atoms with Gasteiger partial charge in [0.25, 0.3) is 11.6 Å². The summed E-state index contributed by atoms with van der Waals surface area (Å²) < 4.78 is 0.502. The van der Waals surface area contributed by atoms with Crippen LogP contribution in [-0.4, -0.2) is 20.8 Å². The molecule has 0 aliphatic rings. The number of nitro groups is 1. The van der Waals surface area contributed by atoms with Crippen molar-refractivity contribution in [3.05, 3.63) is 50.9 Å². The van der Waals surface area contributed by atoms with E-state index >= 15 is 0 Å². The van der Waals surface area contributed by atoms with Crippen LogP contribution in [0.4, 0.5) is 17.2 Å². The van der Waals surface area contributed by atoms with Gasteiger partial charge in [0.15, 0.2) is 5.82 Å². The highest BCUT2D eigenvalue weighted by Crippen LogP contribution is 2.27. The van der Waals surface area contributed by atoms with Crippen LogP contribution in [0.3, 0.4) is 0 Å². The molecule has 10 heteroatoms. The fourth-order valence-corrected chi connectivity index (χ4v) is 1.80. The maximum Gasteiger partial charge on any atom is 0.275 e. The Morgan fingerprint density at radius 2 is 2.14 bits per heavy atom. The van der Waals surface area contributed by atoms with Gasteiger partial charge in [-0.05, 0) is 22.0 Å². The highest BCUT2D eigenvalue weighted by molar-refractivity contribution is 9.10. The maximum atomic E-state index is 12.0. The van der Waals surface area contributed by atoms with Crippen LogP contribution < -0.4 is 16.6 Å². The van der Waals surface area contributed by atoms with Gasteiger partial charge in [-0.15, -0.1) is 0 Å². The summed E-state index contributed by atoms with van der Waals surface area (Å²) in [5, 5.41) is 13.2. The van der Waals surface area contributed by atoms with Crippen LogP contribution in [0.1, 0.15) is 10.5 Å². The van der Waals surface area contributed by atoms with Gasteiger partial charge in [0.05, 0.1) is 23.0 Å². The summed E-state index contributed by atoms with van der Waals surface area (Å²) >= 11 is 3.20. The number of nitrogens with one attached hydrogen (secondary N) is 2. The van der Waals surface area contributed by atoms with E-state index in [4.69, 9.17) is 5.84 Å². The number of amides is 1. The Bertz CT molecular complexity index is 708. The zero-order chi connectivity index (χ0) is 15.4. The van der Waals surface area contributed by atoms with Gasteiger partial charge >= 0.3 is 0 Å². The minimum Gasteiger partial charge on any atom is -0.319 e. The number of hydrogen-bond acceptors (Lipinski definition) is 7. The lowest BCUT2D eigenvalue weighted by molar-refractivity contribution is -0.384. The number of anilines is 2. The molecule has 2 aromatic rings. The molecule has 0 bridgehead atoms. The van der Waals surface area contributed by atoms with Crippen molar-refractivity contribution in [3.63, 3.8) is 0 Å². The monoisotopic (exact) mass is 352 g/mol. The number of non-ortho nitro benzene ring substituents is 1. The summed E-state index contributed by atoms with van der Waals surface area (Å²) in [5.41, 5.74) is 2.40. The summed E-state index contributed by atoms with van der Waals surface area (Å²) in [4.78, 5) is 29.9. The molecule has 0 aliphatic heterocycles. The Hall–Kier alpha value is -2.59. The number of hydrazine groups is 1. The molecule has 9 nitrogen and oxygen atoms in total. The average Bonchev–Trinajstić information content (AvgIpc) is 2.49. The van der Waals surface area contributed by atoms with E-state index in [-0.39, 0.29) is 22.9 Å². The van der Waals surface area contributed by atoms with E-state index in [0.717, 1.165) is 0 Å². The summed E-state index contributed by atoms with van der Waals surface area (Å²) in [6.45, 7) is 0. The Balaban J connectivity index is 2.26. The lowest BCUT2D eigenvalue weighted by Gasteiger charge is -2.07. The van der Waals surface area contributed by atoms with Crippen molar-refractivity contribution in [2.24, 2.45) is 5.84 Å². The molecule has 108 valence electrons. The second-order valence-corrected chi connectivity index (χ2v) is 4.66. The molecular weight excluding hydrogens is 344 g/mol. The highest BCUT2D eigenvalue weighted by atomic mass is 79.9. The average molecular weight is 353 g/mol. The second-order valence-electron chi connectivity index (χ2n) is 3.81. The second kappa shape index (κ2) is 6.24. The van der Waals surface area contributed by atoms with Gasteiger partial charge in [-0.1, -0.05) is 0 Å². The van der Waals surface area contributed by atoms with Crippen molar-refractivity contribution in [1.82, 2.24) is 9.97 Å². The molecule has 0 radical (unpaired) electrons. The van der Waals surface area contributed by atoms with Gasteiger partial charge in [0.1, 0.15) is 5.69 Å². The summed E-state index contributed by atoms with van der Waals surface area (Å²) in [7, 11) is 0. The van der Waals surface area contributed by atoms with Crippen LogP contribution in [0.5, 0.6) is 0 Å². The standard InChI is InChI=1S/C11H9BrN6O3/c12-7-2-1-6(18(20)21)3-8(7)16-11(19)9-4-14-5-10(15-9)17-13/h1-5H,13H2,(H,15,17)(H,16,19). The number of nitrogen functional groups attached to an aromatic ring is 1. The maximum absolute atomic E-state index is 12.0. The Labute approximate surface area is 126 Å². The first-order chi connectivity index (χ1) is 10.0. The van der Waals surface area contributed by atoms with Crippen LogP contribution in [0.25, 0.3) is 0 Å². The first-order valence-corrected chi connectivity index (χ1v) is 6.34. The predicted molar refractivity (Wildman–Crippen MR) is 78.6 cm³/mol. The fourth-order valence-electron chi connectivity index (χ4n) is 1.45.